The highest BCUT2D eigenvalue weighted by Gasteiger charge is 2.27. The van der Waals surface area contributed by atoms with Gasteiger partial charge in [0.2, 0.25) is 16.0 Å². The van der Waals surface area contributed by atoms with Crippen LogP contribution in [-0.4, -0.2) is 61.2 Å². The molecule has 1 aromatic heterocycles. The van der Waals surface area contributed by atoms with E-state index < -0.39 is 10.0 Å². The Kier molecular flexibility index (Phi) is 5.27. The van der Waals surface area contributed by atoms with Crippen LogP contribution in [0.3, 0.4) is 0 Å². The van der Waals surface area contributed by atoms with E-state index in [9.17, 15) is 8.42 Å². The summed E-state index contributed by atoms with van der Waals surface area (Å²) >= 11 is 0. The molecule has 0 aliphatic carbocycles. The Bertz CT molecular complexity index is 732. The van der Waals surface area contributed by atoms with E-state index in [4.69, 9.17) is 4.74 Å². The quantitative estimate of drug-likeness (QED) is 0.775. The Labute approximate surface area is 142 Å². The molecular formula is C16H20N4O3S. The molecule has 1 aromatic carbocycles. The molecule has 0 atom stereocenters. The lowest BCUT2D eigenvalue weighted by atomic mass is 10.3. The molecule has 0 bridgehead atoms. The van der Waals surface area contributed by atoms with Crippen LogP contribution in [0.5, 0.6) is 5.75 Å². The van der Waals surface area contributed by atoms with Crippen LogP contribution in [0.2, 0.25) is 0 Å². The first kappa shape index (κ1) is 16.7. The van der Waals surface area contributed by atoms with Crippen molar-refractivity contribution in [1.82, 2.24) is 14.3 Å². The van der Waals surface area contributed by atoms with E-state index in [1.165, 1.54) is 4.31 Å². The molecule has 24 heavy (non-hydrogen) atoms. The predicted octanol–water partition coefficient (Wildman–Crippen LogP) is 1.01. The number of rotatable bonds is 6. The third-order valence-corrected chi connectivity index (χ3v) is 5.65. The molecule has 3 rings (SSSR count). The molecule has 0 radical (unpaired) electrons. The number of ether oxygens (including phenoxy) is 1. The Morgan fingerprint density at radius 2 is 1.62 bits per heavy atom. The lowest BCUT2D eigenvalue weighted by Gasteiger charge is -2.33. The molecule has 1 aliphatic rings. The minimum Gasteiger partial charge on any atom is -0.492 e. The van der Waals surface area contributed by atoms with E-state index in [2.05, 4.69) is 9.97 Å². The summed E-state index contributed by atoms with van der Waals surface area (Å²) in [6.45, 7) is 2.19. The van der Waals surface area contributed by atoms with E-state index in [1.807, 2.05) is 35.2 Å². The van der Waals surface area contributed by atoms with Gasteiger partial charge in [-0.1, -0.05) is 18.2 Å². The highest BCUT2D eigenvalue weighted by Crippen LogP contribution is 2.13. The van der Waals surface area contributed by atoms with Gasteiger partial charge in [-0.05, 0) is 18.2 Å². The van der Waals surface area contributed by atoms with Crippen molar-refractivity contribution in [2.45, 2.75) is 0 Å². The van der Waals surface area contributed by atoms with Gasteiger partial charge in [0.1, 0.15) is 12.4 Å². The van der Waals surface area contributed by atoms with Crippen LogP contribution in [0, 0.1) is 0 Å². The average Bonchev–Trinajstić information content (AvgIpc) is 2.63. The molecular weight excluding hydrogens is 328 g/mol. The van der Waals surface area contributed by atoms with Crippen molar-refractivity contribution in [2.75, 3.05) is 43.4 Å². The van der Waals surface area contributed by atoms with E-state index in [1.54, 1.807) is 18.5 Å². The molecule has 7 nitrogen and oxygen atoms in total. The standard InChI is InChI=1S/C16H20N4O3S/c21-24(22,14-13-23-15-5-2-1-3-6-15)20-11-9-19(10-12-20)16-17-7-4-8-18-16/h1-8H,9-14H2. The molecule has 0 unspecified atom stereocenters. The molecule has 1 aliphatic heterocycles. The van der Waals surface area contributed by atoms with Crippen molar-refractivity contribution in [2.24, 2.45) is 0 Å². The number of hydrogen-bond donors (Lipinski definition) is 0. The van der Waals surface area contributed by atoms with Crippen LogP contribution < -0.4 is 9.64 Å². The summed E-state index contributed by atoms with van der Waals surface area (Å²) in [5, 5.41) is 0. The van der Waals surface area contributed by atoms with Crippen molar-refractivity contribution >= 4 is 16.0 Å². The van der Waals surface area contributed by atoms with Crippen LogP contribution >= 0.6 is 0 Å². The summed E-state index contributed by atoms with van der Waals surface area (Å²) in [4.78, 5) is 10.4. The maximum absolute atomic E-state index is 12.4. The smallest absolute Gasteiger partial charge is 0.225 e. The van der Waals surface area contributed by atoms with Crippen molar-refractivity contribution in [3.05, 3.63) is 48.8 Å². The molecule has 128 valence electrons. The maximum atomic E-state index is 12.4. The van der Waals surface area contributed by atoms with Crippen molar-refractivity contribution < 1.29 is 13.2 Å². The maximum Gasteiger partial charge on any atom is 0.225 e. The Morgan fingerprint density at radius 1 is 0.958 bits per heavy atom. The fourth-order valence-electron chi connectivity index (χ4n) is 2.53. The zero-order valence-electron chi connectivity index (χ0n) is 13.3. The number of nitrogens with zero attached hydrogens (tertiary/aromatic N) is 4. The molecule has 0 spiro atoms. The Morgan fingerprint density at radius 3 is 2.29 bits per heavy atom. The SMILES string of the molecule is O=S(=O)(CCOc1ccccc1)N1CCN(c2ncccn2)CC1. The first-order valence-corrected chi connectivity index (χ1v) is 9.44. The van der Waals surface area contributed by atoms with E-state index in [0.29, 0.717) is 37.9 Å². The number of para-hydroxylation sites is 1. The molecule has 8 heteroatoms. The Balaban J connectivity index is 1.49. The predicted molar refractivity (Wildman–Crippen MR) is 91.5 cm³/mol. The second-order valence-electron chi connectivity index (χ2n) is 5.41. The number of sulfonamides is 1. The van der Waals surface area contributed by atoms with Gasteiger partial charge in [0.15, 0.2) is 0 Å². The van der Waals surface area contributed by atoms with Gasteiger partial charge in [0.25, 0.3) is 0 Å². The highest BCUT2D eigenvalue weighted by molar-refractivity contribution is 7.89. The van der Waals surface area contributed by atoms with E-state index in [0.717, 1.165) is 0 Å². The van der Waals surface area contributed by atoms with Crippen LogP contribution in [-0.2, 0) is 10.0 Å². The minimum atomic E-state index is -3.32. The lowest BCUT2D eigenvalue weighted by molar-refractivity contribution is 0.330. The molecule has 0 amide bonds. The topological polar surface area (TPSA) is 75.6 Å². The van der Waals surface area contributed by atoms with Gasteiger partial charge < -0.3 is 9.64 Å². The molecule has 1 fully saturated rings. The molecule has 1 saturated heterocycles. The van der Waals surface area contributed by atoms with Gasteiger partial charge in [-0.2, -0.15) is 4.31 Å². The van der Waals surface area contributed by atoms with Crippen molar-refractivity contribution in [1.29, 1.82) is 0 Å². The zero-order valence-corrected chi connectivity index (χ0v) is 14.1. The van der Waals surface area contributed by atoms with Gasteiger partial charge in [-0.15, -0.1) is 0 Å². The summed E-state index contributed by atoms with van der Waals surface area (Å²) < 4.78 is 31.8. The van der Waals surface area contributed by atoms with Crippen molar-refractivity contribution in [3.63, 3.8) is 0 Å². The first-order valence-electron chi connectivity index (χ1n) is 7.83. The van der Waals surface area contributed by atoms with Crippen LogP contribution in [0.15, 0.2) is 48.8 Å². The summed E-state index contributed by atoms with van der Waals surface area (Å²) in [7, 11) is -3.32. The molecule has 0 saturated carbocycles. The average molecular weight is 348 g/mol. The number of piperazine rings is 1. The molecule has 2 heterocycles. The third kappa shape index (κ3) is 4.21. The molecule has 2 aromatic rings. The second-order valence-corrected chi connectivity index (χ2v) is 7.50. The zero-order chi connectivity index (χ0) is 16.8. The highest BCUT2D eigenvalue weighted by atomic mass is 32.2. The molecule has 0 N–H and O–H groups in total. The van der Waals surface area contributed by atoms with E-state index >= 15 is 0 Å². The lowest BCUT2D eigenvalue weighted by Crippen LogP contribution is -2.50. The van der Waals surface area contributed by atoms with Crippen LogP contribution in [0.1, 0.15) is 0 Å². The largest absolute Gasteiger partial charge is 0.492 e. The summed E-state index contributed by atoms with van der Waals surface area (Å²) in [5.74, 6) is 1.30. The summed E-state index contributed by atoms with van der Waals surface area (Å²) in [6, 6.07) is 11.0. The van der Waals surface area contributed by atoms with Crippen molar-refractivity contribution in [3.8, 4) is 5.75 Å². The van der Waals surface area contributed by atoms with Gasteiger partial charge in [0, 0.05) is 38.6 Å². The van der Waals surface area contributed by atoms with Crippen LogP contribution in [0.25, 0.3) is 0 Å². The second kappa shape index (κ2) is 7.59. The van der Waals surface area contributed by atoms with Crippen LogP contribution in [0.4, 0.5) is 5.95 Å². The Hall–Kier alpha value is -2.19. The van der Waals surface area contributed by atoms with Gasteiger partial charge in [0.05, 0.1) is 5.75 Å². The third-order valence-electron chi connectivity index (χ3n) is 3.82. The van der Waals surface area contributed by atoms with Gasteiger partial charge >= 0.3 is 0 Å². The summed E-state index contributed by atoms with van der Waals surface area (Å²) in [5.41, 5.74) is 0. The fraction of sp³-hybridized carbons (Fsp3) is 0.375. The van der Waals surface area contributed by atoms with E-state index in [-0.39, 0.29) is 12.4 Å². The summed E-state index contributed by atoms with van der Waals surface area (Å²) in [6.07, 6.45) is 3.37. The number of anilines is 1. The number of hydrogen-bond acceptors (Lipinski definition) is 6. The first-order chi connectivity index (χ1) is 11.6. The van der Waals surface area contributed by atoms with Gasteiger partial charge in [-0.3, -0.25) is 0 Å². The minimum absolute atomic E-state index is 0.0241. The van der Waals surface area contributed by atoms with Gasteiger partial charge in [-0.25, -0.2) is 18.4 Å². The fourth-order valence-corrected chi connectivity index (χ4v) is 3.80. The number of benzene rings is 1. The monoisotopic (exact) mass is 348 g/mol. The normalized spacial score (nSPS) is 16.1. The number of aromatic nitrogens is 2.